The summed E-state index contributed by atoms with van der Waals surface area (Å²) in [6, 6.07) is 0.593. The van der Waals surface area contributed by atoms with Gasteiger partial charge in [-0.15, -0.1) is 0 Å². The zero-order valence-corrected chi connectivity index (χ0v) is 5.59. The second-order valence-corrected chi connectivity index (χ2v) is 2.74. The van der Waals surface area contributed by atoms with Crippen molar-refractivity contribution in [3.8, 4) is 0 Å². The normalized spacial score (nSPS) is 24.0. The molecule has 1 aliphatic carbocycles. The van der Waals surface area contributed by atoms with Crippen LogP contribution in [0, 0.1) is 5.92 Å². The summed E-state index contributed by atoms with van der Waals surface area (Å²) in [4.78, 5) is 0. The molecule has 1 aliphatic rings. The second kappa shape index (κ2) is 2.03. The van der Waals surface area contributed by atoms with E-state index in [0.717, 1.165) is 5.92 Å². The van der Waals surface area contributed by atoms with Crippen molar-refractivity contribution in [2.24, 2.45) is 11.8 Å². The van der Waals surface area contributed by atoms with Crippen LogP contribution in [0.15, 0.2) is 0 Å². The van der Waals surface area contributed by atoms with E-state index in [0.29, 0.717) is 6.04 Å². The van der Waals surface area contributed by atoms with Gasteiger partial charge in [0, 0.05) is 13.1 Å². The van der Waals surface area contributed by atoms with E-state index in [1.807, 2.05) is 7.05 Å². The average Bonchev–Trinajstić information content (AvgIpc) is 2.43. The lowest BCUT2D eigenvalue weighted by molar-refractivity contribution is 0.241. The number of nitrogens with two attached hydrogens (primary N) is 1. The van der Waals surface area contributed by atoms with Crippen LogP contribution in [-0.4, -0.2) is 18.1 Å². The molecule has 1 rings (SSSR count). The maximum atomic E-state index is 5.51. The Morgan fingerprint density at radius 2 is 2.12 bits per heavy atom. The summed E-state index contributed by atoms with van der Waals surface area (Å²) in [7, 11) is 1.93. The van der Waals surface area contributed by atoms with Crippen LogP contribution in [-0.2, 0) is 0 Å². The first kappa shape index (κ1) is 6.05. The first-order valence-corrected chi connectivity index (χ1v) is 3.19. The van der Waals surface area contributed by atoms with Gasteiger partial charge in [-0.3, -0.25) is 5.84 Å². The smallest absolute Gasteiger partial charge is 0.0238 e. The highest BCUT2D eigenvalue weighted by atomic mass is 15.4. The third-order valence-corrected chi connectivity index (χ3v) is 1.95. The topological polar surface area (TPSA) is 29.3 Å². The van der Waals surface area contributed by atoms with E-state index in [2.05, 4.69) is 6.92 Å². The number of hydrazine groups is 1. The molecule has 0 bridgehead atoms. The van der Waals surface area contributed by atoms with Gasteiger partial charge in [0.15, 0.2) is 0 Å². The third kappa shape index (κ3) is 1.20. The van der Waals surface area contributed by atoms with Crippen molar-refractivity contribution in [1.82, 2.24) is 5.01 Å². The van der Waals surface area contributed by atoms with Gasteiger partial charge in [0.2, 0.25) is 0 Å². The number of hydrogen-bond donors (Lipinski definition) is 1. The molecule has 0 aromatic heterocycles. The molecule has 0 aromatic rings. The summed E-state index contributed by atoms with van der Waals surface area (Å²) in [5.41, 5.74) is 0. The van der Waals surface area contributed by atoms with E-state index in [9.17, 15) is 0 Å². The highest BCUT2D eigenvalue weighted by Gasteiger charge is 2.29. The van der Waals surface area contributed by atoms with Crippen molar-refractivity contribution in [2.75, 3.05) is 7.05 Å². The number of nitrogens with zero attached hydrogens (tertiary/aromatic N) is 1. The monoisotopic (exact) mass is 114 g/mol. The second-order valence-electron chi connectivity index (χ2n) is 2.74. The van der Waals surface area contributed by atoms with Crippen molar-refractivity contribution < 1.29 is 0 Å². The maximum absolute atomic E-state index is 5.51. The largest absolute Gasteiger partial charge is 0.269 e. The van der Waals surface area contributed by atoms with Crippen LogP contribution in [0.3, 0.4) is 0 Å². The first-order chi connectivity index (χ1) is 3.72. The quantitative estimate of drug-likeness (QED) is 0.420. The zero-order chi connectivity index (χ0) is 6.15. The first-order valence-electron chi connectivity index (χ1n) is 3.19. The Morgan fingerprint density at radius 1 is 1.62 bits per heavy atom. The summed E-state index contributed by atoms with van der Waals surface area (Å²) in [6.45, 7) is 2.18. The number of rotatable bonds is 2. The minimum atomic E-state index is 0.593. The van der Waals surface area contributed by atoms with Crippen LogP contribution in [0.5, 0.6) is 0 Å². The molecule has 0 amide bonds. The van der Waals surface area contributed by atoms with Crippen LogP contribution >= 0.6 is 0 Å². The molecule has 0 saturated heterocycles. The highest BCUT2D eigenvalue weighted by molar-refractivity contribution is 4.82. The van der Waals surface area contributed by atoms with Crippen molar-refractivity contribution >= 4 is 0 Å². The van der Waals surface area contributed by atoms with Gasteiger partial charge in [-0.2, -0.15) is 0 Å². The van der Waals surface area contributed by atoms with Gasteiger partial charge in [-0.1, -0.05) is 0 Å². The van der Waals surface area contributed by atoms with Gasteiger partial charge < -0.3 is 0 Å². The SMILES string of the molecule is CC(C1CC1)N(C)N. The van der Waals surface area contributed by atoms with Gasteiger partial charge in [0.25, 0.3) is 0 Å². The van der Waals surface area contributed by atoms with E-state index in [1.54, 1.807) is 5.01 Å². The van der Waals surface area contributed by atoms with Crippen molar-refractivity contribution in [2.45, 2.75) is 25.8 Å². The molecule has 1 atom stereocenters. The molecule has 2 heteroatoms. The Morgan fingerprint density at radius 3 is 2.25 bits per heavy atom. The lowest BCUT2D eigenvalue weighted by atomic mass is 10.2. The minimum absolute atomic E-state index is 0.593. The standard InChI is InChI=1S/C6H14N2/c1-5(8(2)7)6-3-4-6/h5-6H,3-4,7H2,1-2H3. The predicted octanol–water partition coefficient (Wildman–Crippen LogP) is 0.590. The van der Waals surface area contributed by atoms with Gasteiger partial charge in [-0.05, 0) is 25.7 Å². The molecule has 0 heterocycles. The van der Waals surface area contributed by atoms with Gasteiger partial charge >= 0.3 is 0 Å². The summed E-state index contributed by atoms with van der Waals surface area (Å²) in [6.07, 6.45) is 2.76. The Balaban J connectivity index is 2.22. The van der Waals surface area contributed by atoms with Gasteiger partial charge in [0.05, 0.1) is 0 Å². The zero-order valence-electron chi connectivity index (χ0n) is 5.59. The fourth-order valence-corrected chi connectivity index (χ4v) is 0.911. The Labute approximate surface area is 50.6 Å². The van der Waals surface area contributed by atoms with E-state index in [4.69, 9.17) is 5.84 Å². The summed E-state index contributed by atoms with van der Waals surface area (Å²) in [5.74, 6) is 6.40. The van der Waals surface area contributed by atoms with Crippen molar-refractivity contribution in [3.63, 3.8) is 0 Å². The molecule has 0 radical (unpaired) electrons. The Hall–Kier alpha value is -0.0800. The third-order valence-electron chi connectivity index (χ3n) is 1.95. The molecule has 48 valence electrons. The molecule has 0 spiro atoms. The molecular weight excluding hydrogens is 100 g/mol. The molecule has 1 fully saturated rings. The van der Waals surface area contributed by atoms with Crippen LogP contribution in [0.25, 0.3) is 0 Å². The summed E-state index contributed by atoms with van der Waals surface area (Å²) < 4.78 is 0. The Bertz CT molecular complexity index is 74.6. The lowest BCUT2D eigenvalue weighted by Crippen LogP contribution is -2.36. The Kier molecular flexibility index (Phi) is 1.54. The van der Waals surface area contributed by atoms with Crippen LogP contribution < -0.4 is 5.84 Å². The molecule has 1 unspecified atom stereocenters. The molecule has 2 nitrogen and oxygen atoms in total. The highest BCUT2D eigenvalue weighted by Crippen LogP contribution is 2.33. The van der Waals surface area contributed by atoms with Crippen LogP contribution in [0.1, 0.15) is 19.8 Å². The van der Waals surface area contributed by atoms with E-state index in [-0.39, 0.29) is 0 Å². The fraction of sp³-hybridized carbons (Fsp3) is 1.00. The summed E-state index contributed by atoms with van der Waals surface area (Å²) in [5, 5.41) is 1.80. The number of hydrogen-bond acceptors (Lipinski definition) is 2. The molecular formula is C6H14N2. The van der Waals surface area contributed by atoms with Gasteiger partial charge in [-0.25, -0.2) is 5.01 Å². The van der Waals surface area contributed by atoms with Gasteiger partial charge in [0.1, 0.15) is 0 Å². The predicted molar refractivity (Wildman–Crippen MR) is 34.1 cm³/mol. The summed E-state index contributed by atoms with van der Waals surface area (Å²) >= 11 is 0. The van der Waals surface area contributed by atoms with Crippen LogP contribution in [0.2, 0.25) is 0 Å². The molecule has 8 heavy (non-hydrogen) atoms. The maximum Gasteiger partial charge on any atom is 0.0238 e. The lowest BCUT2D eigenvalue weighted by Gasteiger charge is -2.17. The van der Waals surface area contributed by atoms with Crippen molar-refractivity contribution in [1.29, 1.82) is 0 Å². The van der Waals surface area contributed by atoms with E-state index >= 15 is 0 Å². The van der Waals surface area contributed by atoms with Crippen LogP contribution in [0.4, 0.5) is 0 Å². The van der Waals surface area contributed by atoms with Crippen molar-refractivity contribution in [3.05, 3.63) is 0 Å². The average molecular weight is 114 g/mol. The molecule has 1 saturated carbocycles. The van der Waals surface area contributed by atoms with E-state index in [1.165, 1.54) is 12.8 Å². The fourth-order valence-electron chi connectivity index (χ4n) is 0.911. The van der Waals surface area contributed by atoms with E-state index < -0.39 is 0 Å². The molecule has 0 aromatic carbocycles. The molecule has 2 N–H and O–H groups in total. The molecule has 0 aliphatic heterocycles. The minimum Gasteiger partial charge on any atom is -0.269 e.